The third kappa shape index (κ3) is 4.36. The van der Waals surface area contributed by atoms with E-state index in [4.69, 9.17) is 11.7 Å². The molecule has 6 heteroatoms. The van der Waals surface area contributed by atoms with E-state index in [1.807, 2.05) is 18.7 Å². The molecule has 1 atom stereocenters. The van der Waals surface area contributed by atoms with Crippen LogP contribution >= 0.6 is 0 Å². The minimum atomic E-state index is -4.55. The zero-order valence-corrected chi connectivity index (χ0v) is 12.1. The summed E-state index contributed by atoms with van der Waals surface area (Å²) >= 11 is 0. The van der Waals surface area contributed by atoms with Crippen molar-refractivity contribution in [3.8, 4) is 0 Å². The molecule has 0 aliphatic carbocycles. The molecule has 21 heavy (non-hydrogen) atoms. The number of hydrogen-bond donors (Lipinski definition) is 1. The van der Waals surface area contributed by atoms with Crippen LogP contribution in [0, 0.1) is 6.57 Å². The van der Waals surface area contributed by atoms with Gasteiger partial charge in [-0.1, -0.05) is 13.0 Å². The molecule has 0 aliphatic rings. The van der Waals surface area contributed by atoms with E-state index in [0.717, 1.165) is 12.5 Å². The van der Waals surface area contributed by atoms with Crippen LogP contribution < -0.4 is 4.90 Å². The molecule has 0 heterocycles. The first-order valence-corrected chi connectivity index (χ1v) is 6.81. The van der Waals surface area contributed by atoms with Crippen molar-refractivity contribution in [2.45, 2.75) is 38.9 Å². The summed E-state index contributed by atoms with van der Waals surface area (Å²) in [5.41, 5.74) is -0.873. The normalized spacial score (nSPS) is 12.8. The molecule has 0 fully saturated rings. The van der Waals surface area contributed by atoms with Crippen LogP contribution in [-0.4, -0.2) is 24.3 Å². The van der Waals surface area contributed by atoms with Gasteiger partial charge in [-0.15, -0.1) is 0 Å². The van der Waals surface area contributed by atoms with E-state index in [9.17, 15) is 13.2 Å². The Morgan fingerprint density at radius 2 is 2.05 bits per heavy atom. The van der Waals surface area contributed by atoms with Gasteiger partial charge in [0.1, 0.15) is 0 Å². The van der Waals surface area contributed by atoms with E-state index < -0.39 is 17.4 Å². The van der Waals surface area contributed by atoms with Gasteiger partial charge < -0.3 is 10.0 Å². The van der Waals surface area contributed by atoms with Crippen molar-refractivity contribution in [2.24, 2.45) is 0 Å². The van der Waals surface area contributed by atoms with Crippen molar-refractivity contribution < 1.29 is 18.3 Å². The van der Waals surface area contributed by atoms with E-state index in [-0.39, 0.29) is 12.6 Å². The minimum Gasteiger partial charge on any atom is -0.396 e. The summed E-state index contributed by atoms with van der Waals surface area (Å²) in [7, 11) is 0. The van der Waals surface area contributed by atoms with Gasteiger partial charge in [0.15, 0.2) is 5.69 Å². The summed E-state index contributed by atoms with van der Waals surface area (Å²) in [4.78, 5) is 4.77. The molecule has 0 spiro atoms. The van der Waals surface area contributed by atoms with Crippen LogP contribution in [0.2, 0.25) is 0 Å². The third-order valence-corrected chi connectivity index (χ3v) is 3.42. The maximum absolute atomic E-state index is 13.0. The quantitative estimate of drug-likeness (QED) is 0.796. The molecule has 0 aromatic heterocycles. The highest BCUT2D eigenvalue weighted by molar-refractivity contribution is 5.62. The number of aliphatic hydroxyl groups is 1. The van der Waals surface area contributed by atoms with E-state index in [1.54, 1.807) is 0 Å². The first-order chi connectivity index (χ1) is 9.85. The monoisotopic (exact) mass is 300 g/mol. The SMILES string of the molecule is [C-]#[N+]c1ccc(N(CCCO)[C@@H](C)CC)cc1C(F)(F)F. The van der Waals surface area contributed by atoms with Crippen molar-refractivity contribution >= 4 is 11.4 Å². The molecule has 0 saturated heterocycles. The van der Waals surface area contributed by atoms with Gasteiger partial charge in [0.2, 0.25) is 0 Å². The lowest BCUT2D eigenvalue weighted by Crippen LogP contribution is -2.34. The van der Waals surface area contributed by atoms with Crippen LogP contribution in [0.4, 0.5) is 24.5 Å². The maximum atomic E-state index is 13.0. The highest BCUT2D eigenvalue weighted by atomic mass is 19.4. The number of alkyl halides is 3. The van der Waals surface area contributed by atoms with Gasteiger partial charge in [-0.25, -0.2) is 4.85 Å². The average Bonchev–Trinajstić information content (AvgIpc) is 2.46. The molecular formula is C15H19F3N2O. The predicted molar refractivity (Wildman–Crippen MR) is 76.5 cm³/mol. The van der Waals surface area contributed by atoms with Gasteiger partial charge in [0, 0.05) is 24.9 Å². The molecule has 116 valence electrons. The van der Waals surface area contributed by atoms with Gasteiger partial charge in [-0.3, -0.25) is 0 Å². The largest absolute Gasteiger partial charge is 0.407 e. The summed E-state index contributed by atoms with van der Waals surface area (Å²) in [5.74, 6) is 0. The Labute approximate surface area is 122 Å². The molecule has 0 aliphatic heterocycles. The number of hydrogen-bond acceptors (Lipinski definition) is 2. The highest BCUT2D eigenvalue weighted by Gasteiger charge is 2.34. The Kier molecular flexibility index (Phi) is 6.03. The van der Waals surface area contributed by atoms with E-state index >= 15 is 0 Å². The van der Waals surface area contributed by atoms with E-state index in [1.165, 1.54) is 12.1 Å². The Morgan fingerprint density at radius 3 is 2.52 bits per heavy atom. The van der Waals surface area contributed by atoms with Gasteiger partial charge in [0.05, 0.1) is 12.1 Å². The van der Waals surface area contributed by atoms with Crippen LogP contribution in [0.3, 0.4) is 0 Å². The van der Waals surface area contributed by atoms with Crippen LogP contribution in [0.5, 0.6) is 0 Å². The van der Waals surface area contributed by atoms with E-state index in [0.29, 0.717) is 18.7 Å². The molecule has 0 radical (unpaired) electrons. The minimum absolute atomic E-state index is 0.0147. The summed E-state index contributed by atoms with van der Waals surface area (Å²) in [6.45, 7) is 11.2. The molecule has 1 aromatic carbocycles. The lowest BCUT2D eigenvalue weighted by molar-refractivity contribution is -0.136. The first-order valence-electron chi connectivity index (χ1n) is 6.81. The molecule has 0 saturated carbocycles. The maximum Gasteiger partial charge on any atom is 0.407 e. The topological polar surface area (TPSA) is 27.8 Å². The molecule has 0 amide bonds. The fourth-order valence-electron chi connectivity index (χ4n) is 2.09. The number of rotatable bonds is 6. The number of aliphatic hydroxyl groups excluding tert-OH is 1. The second kappa shape index (κ2) is 7.32. The molecule has 3 nitrogen and oxygen atoms in total. The lowest BCUT2D eigenvalue weighted by atomic mass is 10.1. The Morgan fingerprint density at radius 1 is 1.38 bits per heavy atom. The number of anilines is 1. The Balaban J connectivity index is 3.24. The molecule has 1 aromatic rings. The van der Waals surface area contributed by atoms with Crippen LogP contribution in [0.1, 0.15) is 32.3 Å². The standard InChI is InChI=1S/C15H19F3N2O/c1-4-11(2)20(8-5-9-21)12-6-7-14(19-3)13(10-12)15(16,17)18/h6-7,10-11,21H,4-5,8-9H2,1-2H3/t11-/m0/s1. The van der Waals surface area contributed by atoms with Crippen LogP contribution in [0.25, 0.3) is 4.85 Å². The smallest absolute Gasteiger partial charge is 0.396 e. The summed E-state index contributed by atoms with van der Waals surface area (Å²) < 4.78 is 39.0. The van der Waals surface area contributed by atoms with Crippen molar-refractivity contribution in [2.75, 3.05) is 18.1 Å². The van der Waals surface area contributed by atoms with Gasteiger partial charge in [-0.2, -0.15) is 13.2 Å². The molecular weight excluding hydrogens is 281 g/mol. The number of nitrogens with zero attached hydrogens (tertiary/aromatic N) is 2. The predicted octanol–water partition coefficient (Wildman–Crippen LogP) is 4.24. The van der Waals surface area contributed by atoms with Gasteiger partial charge >= 0.3 is 6.18 Å². The second-order valence-corrected chi connectivity index (χ2v) is 4.84. The molecule has 1 N–H and O–H groups in total. The van der Waals surface area contributed by atoms with Gasteiger partial charge in [0.25, 0.3) is 0 Å². The Hall–Kier alpha value is -1.74. The lowest BCUT2D eigenvalue weighted by Gasteiger charge is -2.31. The van der Waals surface area contributed by atoms with Crippen molar-refractivity contribution in [3.63, 3.8) is 0 Å². The second-order valence-electron chi connectivity index (χ2n) is 4.84. The molecule has 0 bridgehead atoms. The average molecular weight is 300 g/mol. The van der Waals surface area contributed by atoms with Gasteiger partial charge in [-0.05, 0) is 31.9 Å². The molecule has 0 unspecified atom stereocenters. The first kappa shape index (κ1) is 17.3. The van der Waals surface area contributed by atoms with Crippen molar-refractivity contribution in [3.05, 3.63) is 35.2 Å². The van der Waals surface area contributed by atoms with Crippen molar-refractivity contribution in [1.29, 1.82) is 0 Å². The number of halogens is 3. The Bertz CT molecular complexity index is 509. The van der Waals surface area contributed by atoms with E-state index in [2.05, 4.69) is 4.85 Å². The van der Waals surface area contributed by atoms with Crippen LogP contribution in [0.15, 0.2) is 18.2 Å². The summed E-state index contributed by atoms with van der Waals surface area (Å²) in [5, 5.41) is 8.94. The highest BCUT2D eigenvalue weighted by Crippen LogP contribution is 2.39. The summed E-state index contributed by atoms with van der Waals surface area (Å²) in [6, 6.07) is 3.82. The van der Waals surface area contributed by atoms with Crippen LogP contribution in [-0.2, 0) is 6.18 Å². The summed E-state index contributed by atoms with van der Waals surface area (Å²) in [6.07, 6.45) is -3.29. The van der Waals surface area contributed by atoms with Crippen molar-refractivity contribution in [1.82, 2.24) is 0 Å². The fraction of sp³-hybridized carbons (Fsp3) is 0.533. The fourth-order valence-corrected chi connectivity index (χ4v) is 2.09. The zero-order chi connectivity index (χ0) is 16.0. The molecule has 1 rings (SSSR count). The third-order valence-electron chi connectivity index (χ3n) is 3.42. The zero-order valence-electron chi connectivity index (χ0n) is 12.1. The number of benzene rings is 1.